The number of carbonyl (C=O) groups excluding carboxylic acids is 1. The monoisotopic (exact) mass is 436 g/mol. The number of carbonyl (C=O) groups is 1. The zero-order valence-corrected chi connectivity index (χ0v) is 18.8. The fourth-order valence-electron chi connectivity index (χ4n) is 3.92. The second-order valence-electron chi connectivity index (χ2n) is 7.98. The number of hydrogen-bond donors (Lipinski definition) is 1. The molecule has 0 aliphatic carbocycles. The lowest BCUT2D eigenvalue weighted by atomic mass is 9.96. The molecule has 0 spiro atoms. The van der Waals surface area contributed by atoms with Crippen LogP contribution in [0, 0.1) is 19.8 Å². The molecular weight excluding hydrogens is 408 g/mol. The van der Waals surface area contributed by atoms with E-state index >= 15 is 0 Å². The van der Waals surface area contributed by atoms with Gasteiger partial charge in [0.15, 0.2) is 5.82 Å². The predicted octanol–water partition coefficient (Wildman–Crippen LogP) is 4.23. The largest absolute Gasteiger partial charge is 0.492 e. The molecule has 0 unspecified atom stereocenters. The number of piperidine rings is 1. The molecule has 1 aliphatic heterocycles. The third-order valence-corrected chi connectivity index (χ3v) is 6.37. The summed E-state index contributed by atoms with van der Waals surface area (Å²) in [6.07, 6.45) is 1.64. The Balaban J connectivity index is 1.20. The first-order valence-corrected chi connectivity index (χ1v) is 11.6. The molecule has 0 atom stereocenters. The summed E-state index contributed by atoms with van der Waals surface area (Å²) in [5.74, 6) is 1.88. The van der Waals surface area contributed by atoms with Gasteiger partial charge in [0.25, 0.3) is 0 Å². The van der Waals surface area contributed by atoms with Crippen molar-refractivity contribution in [2.75, 3.05) is 31.1 Å². The van der Waals surface area contributed by atoms with Gasteiger partial charge in [-0.25, -0.2) is 0 Å². The molecule has 162 valence electrons. The molecule has 1 aromatic carbocycles. The molecule has 1 aliphatic rings. The van der Waals surface area contributed by atoms with Gasteiger partial charge in [-0.05, 0) is 73.5 Å². The van der Waals surface area contributed by atoms with Crippen LogP contribution in [0.1, 0.15) is 24.0 Å². The van der Waals surface area contributed by atoms with Crippen LogP contribution in [0.3, 0.4) is 0 Å². The van der Waals surface area contributed by atoms with Crippen LogP contribution in [0.25, 0.3) is 10.6 Å². The number of aromatic nitrogens is 2. The van der Waals surface area contributed by atoms with Gasteiger partial charge in [0.05, 0.1) is 11.4 Å². The molecule has 0 saturated carbocycles. The van der Waals surface area contributed by atoms with E-state index in [9.17, 15) is 4.79 Å². The van der Waals surface area contributed by atoms with Gasteiger partial charge in [0.1, 0.15) is 18.1 Å². The van der Waals surface area contributed by atoms with Crippen LogP contribution < -0.4 is 15.0 Å². The summed E-state index contributed by atoms with van der Waals surface area (Å²) in [6.45, 7) is 6.71. The van der Waals surface area contributed by atoms with E-state index in [2.05, 4.69) is 40.3 Å². The van der Waals surface area contributed by atoms with Crippen molar-refractivity contribution in [3.05, 3.63) is 59.0 Å². The Morgan fingerprint density at radius 3 is 2.55 bits per heavy atom. The van der Waals surface area contributed by atoms with Gasteiger partial charge in [-0.3, -0.25) is 4.79 Å². The molecule has 4 rings (SSSR count). The number of hydrogen-bond acceptors (Lipinski definition) is 6. The molecule has 1 N–H and O–H groups in total. The number of nitrogens with zero attached hydrogens (tertiary/aromatic N) is 3. The molecule has 3 aromatic rings. The van der Waals surface area contributed by atoms with E-state index in [4.69, 9.17) is 4.74 Å². The molecule has 3 heterocycles. The quantitative estimate of drug-likeness (QED) is 0.562. The molecule has 1 fully saturated rings. The summed E-state index contributed by atoms with van der Waals surface area (Å²) in [6, 6.07) is 14.2. The summed E-state index contributed by atoms with van der Waals surface area (Å²) in [5, 5.41) is 13.8. The van der Waals surface area contributed by atoms with Gasteiger partial charge in [0.2, 0.25) is 5.91 Å². The van der Waals surface area contributed by atoms with E-state index in [1.807, 2.05) is 41.8 Å². The highest BCUT2D eigenvalue weighted by atomic mass is 32.1. The third-order valence-electron chi connectivity index (χ3n) is 5.48. The molecule has 1 amide bonds. The molecule has 0 radical (unpaired) electrons. The van der Waals surface area contributed by atoms with Crippen LogP contribution in [0.2, 0.25) is 0 Å². The lowest BCUT2D eigenvalue weighted by molar-refractivity contribution is -0.125. The molecule has 31 heavy (non-hydrogen) atoms. The Labute approximate surface area is 187 Å². The number of thiophene rings is 1. The highest BCUT2D eigenvalue weighted by Gasteiger charge is 2.25. The van der Waals surface area contributed by atoms with Gasteiger partial charge in [-0.15, -0.1) is 21.5 Å². The first-order valence-electron chi connectivity index (χ1n) is 10.7. The second kappa shape index (κ2) is 9.92. The van der Waals surface area contributed by atoms with E-state index in [1.54, 1.807) is 11.3 Å². The van der Waals surface area contributed by atoms with Crippen LogP contribution in [0.4, 0.5) is 5.82 Å². The summed E-state index contributed by atoms with van der Waals surface area (Å²) < 4.78 is 5.78. The first kappa shape index (κ1) is 21.3. The lowest BCUT2D eigenvalue weighted by Crippen LogP contribution is -2.41. The highest BCUT2D eigenvalue weighted by Crippen LogP contribution is 2.25. The minimum Gasteiger partial charge on any atom is -0.492 e. The van der Waals surface area contributed by atoms with Crippen LogP contribution in [-0.4, -0.2) is 42.3 Å². The highest BCUT2D eigenvalue weighted by molar-refractivity contribution is 7.13. The fourth-order valence-corrected chi connectivity index (χ4v) is 4.61. The van der Waals surface area contributed by atoms with Crippen LogP contribution in [0.15, 0.2) is 47.8 Å². The second-order valence-corrected chi connectivity index (χ2v) is 8.93. The summed E-state index contributed by atoms with van der Waals surface area (Å²) in [7, 11) is 0. The van der Waals surface area contributed by atoms with E-state index in [-0.39, 0.29) is 11.8 Å². The minimum absolute atomic E-state index is 0.0378. The maximum absolute atomic E-state index is 12.5. The topological polar surface area (TPSA) is 67.3 Å². The number of benzene rings is 1. The maximum atomic E-state index is 12.5. The van der Waals surface area contributed by atoms with Crippen molar-refractivity contribution >= 4 is 23.1 Å². The molecule has 1 saturated heterocycles. The van der Waals surface area contributed by atoms with Gasteiger partial charge >= 0.3 is 0 Å². The van der Waals surface area contributed by atoms with Gasteiger partial charge in [-0.1, -0.05) is 12.1 Å². The Morgan fingerprint density at radius 1 is 1.13 bits per heavy atom. The van der Waals surface area contributed by atoms with Gasteiger partial charge < -0.3 is 15.0 Å². The summed E-state index contributed by atoms with van der Waals surface area (Å²) >= 11 is 1.66. The first-order chi connectivity index (χ1) is 15.1. The fraction of sp³-hybridized carbons (Fsp3) is 0.375. The normalized spacial score (nSPS) is 14.5. The number of nitrogens with one attached hydrogen (secondary N) is 1. The number of rotatable bonds is 7. The van der Waals surface area contributed by atoms with E-state index in [0.29, 0.717) is 13.2 Å². The Bertz CT molecular complexity index is 977. The minimum atomic E-state index is 0.0378. The molecule has 2 aromatic heterocycles. The van der Waals surface area contributed by atoms with Crippen molar-refractivity contribution in [3.63, 3.8) is 0 Å². The van der Waals surface area contributed by atoms with E-state index in [0.717, 1.165) is 48.1 Å². The van der Waals surface area contributed by atoms with Crippen molar-refractivity contribution in [1.29, 1.82) is 0 Å². The third kappa shape index (κ3) is 5.61. The van der Waals surface area contributed by atoms with Crippen molar-refractivity contribution in [3.8, 4) is 16.3 Å². The van der Waals surface area contributed by atoms with Crippen molar-refractivity contribution in [2.45, 2.75) is 26.7 Å². The van der Waals surface area contributed by atoms with E-state index < -0.39 is 0 Å². The van der Waals surface area contributed by atoms with Crippen LogP contribution >= 0.6 is 11.3 Å². The average Bonchev–Trinajstić information content (AvgIpc) is 3.31. The lowest BCUT2D eigenvalue weighted by Gasteiger charge is -2.31. The van der Waals surface area contributed by atoms with Crippen molar-refractivity contribution in [2.24, 2.45) is 5.92 Å². The Hall–Kier alpha value is -2.93. The zero-order valence-electron chi connectivity index (χ0n) is 18.0. The average molecular weight is 437 g/mol. The number of ether oxygens (including phenoxy) is 1. The van der Waals surface area contributed by atoms with Crippen molar-refractivity contribution < 1.29 is 9.53 Å². The molecule has 6 nitrogen and oxygen atoms in total. The molecule has 0 bridgehead atoms. The molecule has 7 heteroatoms. The zero-order chi connectivity index (χ0) is 21.6. The standard InChI is InChI=1S/C24H28N4O2S/c1-17-14-18(2)16-20(15-17)30-12-9-25-24(29)19-7-10-28(11-8-19)23-6-5-21(26-27-23)22-4-3-13-31-22/h3-6,13-16,19H,7-12H2,1-2H3,(H,25,29). The maximum Gasteiger partial charge on any atom is 0.223 e. The Kier molecular flexibility index (Phi) is 6.82. The van der Waals surface area contributed by atoms with E-state index in [1.165, 1.54) is 11.1 Å². The summed E-state index contributed by atoms with van der Waals surface area (Å²) in [5.41, 5.74) is 3.25. The smallest absolute Gasteiger partial charge is 0.223 e. The SMILES string of the molecule is Cc1cc(C)cc(OCCNC(=O)C2CCN(c3ccc(-c4cccs4)nn3)CC2)c1. The number of anilines is 1. The Morgan fingerprint density at radius 2 is 1.90 bits per heavy atom. The molecular formula is C24H28N4O2S. The van der Waals surface area contributed by atoms with Crippen molar-refractivity contribution in [1.82, 2.24) is 15.5 Å². The number of aryl methyl sites for hydroxylation is 2. The summed E-state index contributed by atoms with van der Waals surface area (Å²) in [4.78, 5) is 15.9. The van der Waals surface area contributed by atoms with Gasteiger partial charge in [-0.2, -0.15) is 0 Å². The van der Waals surface area contributed by atoms with Crippen LogP contribution in [-0.2, 0) is 4.79 Å². The predicted molar refractivity (Wildman–Crippen MR) is 125 cm³/mol. The number of amides is 1. The van der Waals surface area contributed by atoms with Gasteiger partial charge in [0, 0.05) is 19.0 Å². The van der Waals surface area contributed by atoms with Crippen LogP contribution in [0.5, 0.6) is 5.75 Å².